The Labute approximate surface area is 151 Å². The molecule has 0 radical (unpaired) electrons. The molecule has 1 aromatic carbocycles. The number of amides is 3. The van der Waals surface area contributed by atoms with Crippen LogP contribution in [0.15, 0.2) is 24.3 Å². The predicted molar refractivity (Wildman–Crippen MR) is 99.8 cm³/mol. The number of fused-ring (bicyclic) bond motifs is 1. The van der Waals surface area contributed by atoms with Gasteiger partial charge in [0.1, 0.15) is 0 Å². The molecule has 0 saturated carbocycles. The van der Waals surface area contributed by atoms with E-state index in [1.807, 2.05) is 26.0 Å². The number of carbonyl (C=O) groups is 2. The predicted octanol–water partition coefficient (Wildman–Crippen LogP) is 2.71. The first kappa shape index (κ1) is 17.8. The lowest BCUT2D eigenvalue weighted by Crippen LogP contribution is -2.51. The first-order chi connectivity index (χ1) is 12.1. The maximum Gasteiger partial charge on any atom is 0.321 e. The Kier molecular flexibility index (Phi) is 5.65. The Bertz CT molecular complexity index is 719. The molecule has 2 aromatic rings. The molecule has 7 heteroatoms. The average Bonchev–Trinajstić information content (AvgIpc) is 3.05. The fourth-order valence-electron chi connectivity index (χ4n) is 3.19. The van der Waals surface area contributed by atoms with Crippen molar-refractivity contribution in [2.75, 3.05) is 19.6 Å². The van der Waals surface area contributed by atoms with Crippen molar-refractivity contribution in [1.82, 2.24) is 20.5 Å². The highest BCUT2D eigenvalue weighted by Gasteiger charge is 2.29. The number of imide groups is 1. The number of nitrogens with zero attached hydrogens (tertiary/aromatic N) is 2. The summed E-state index contributed by atoms with van der Waals surface area (Å²) < 4.78 is 1.23. The summed E-state index contributed by atoms with van der Waals surface area (Å²) in [5.74, 6) is 0.205. The lowest BCUT2D eigenvalue weighted by molar-refractivity contribution is -0.125. The highest BCUT2D eigenvalue weighted by Crippen LogP contribution is 2.34. The normalized spacial score (nSPS) is 17.4. The zero-order valence-electron chi connectivity index (χ0n) is 14.6. The molecule has 1 fully saturated rings. The number of likely N-dealkylation sites (tertiary alicyclic amines) is 1. The van der Waals surface area contributed by atoms with Crippen LogP contribution in [0, 0.1) is 0 Å². The van der Waals surface area contributed by atoms with Gasteiger partial charge in [-0.1, -0.05) is 12.1 Å². The van der Waals surface area contributed by atoms with E-state index in [4.69, 9.17) is 4.98 Å². The molecule has 2 heterocycles. The van der Waals surface area contributed by atoms with Crippen molar-refractivity contribution in [3.8, 4) is 0 Å². The van der Waals surface area contributed by atoms with E-state index in [0.29, 0.717) is 12.5 Å². The third-order valence-corrected chi connectivity index (χ3v) is 5.89. The van der Waals surface area contributed by atoms with Gasteiger partial charge in [0.05, 0.1) is 21.3 Å². The fraction of sp³-hybridized carbons (Fsp3) is 0.500. The van der Waals surface area contributed by atoms with Crippen LogP contribution in [0.4, 0.5) is 4.79 Å². The topological polar surface area (TPSA) is 74.3 Å². The Balaban J connectivity index is 1.56. The van der Waals surface area contributed by atoms with Crippen LogP contribution in [-0.4, -0.2) is 47.5 Å². The van der Waals surface area contributed by atoms with E-state index in [1.165, 1.54) is 9.71 Å². The van der Waals surface area contributed by atoms with Gasteiger partial charge in [0.2, 0.25) is 5.91 Å². The van der Waals surface area contributed by atoms with Gasteiger partial charge in [-0.3, -0.25) is 15.0 Å². The zero-order valence-corrected chi connectivity index (χ0v) is 15.4. The highest BCUT2D eigenvalue weighted by atomic mass is 32.1. The Morgan fingerprint density at radius 3 is 2.72 bits per heavy atom. The maximum absolute atomic E-state index is 12.2. The van der Waals surface area contributed by atoms with Gasteiger partial charge in [0, 0.05) is 12.5 Å². The monoisotopic (exact) mass is 360 g/mol. The summed E-state index contributed by atoms with van der Waals surface area (Å²) in [6.07, 6.45) is 1.97. The molecule has 1 aliphatic heterocycles. The number of carbonyl (C=O) groups excluding carboxylic acids is 2. The number of thiazole rings is 1. The van der Waals surface area contributed by atoms with Crippen LogP contribution in [0.1, 0.15) is 37.6 Å². The second kappa shape index (κ2) is 7.93. The molecular weight excluding hydrogens is 336 g/mol. The molecule has 1 atom stereocenters. The van der Waals surface area contributed by atoms with Crippen LogP contribution in [0.2, 0.25) is 0 Å². The van der Waals surface area contributed by atoms with E-state index in [2.05, 4.69) is 27.7 Å². The fourth-order valence-corrected chi connectivity index (χ4v) is 4.32. The van der Waals surface area contributed by atoms with Crippen molar-refractivity contribution in [3.05, 3.63) is 29.3 Å². The molecule has 3 rings (SSSR count). The SMILES string of the molecule is CCNC(=O)NC(=O)[C@H](C)N1CCC(c2nc3ccccc3s2)CC1. The van der Waals surface area contributed by atoms with Crippen molar-refractivity contribution in [3.63, 3.8) is 0 Å². The molecule has 2 N–H and O–H groups in total. The quantitative estimate of drug-likeness (QED) is 0.879. The van der Waals surface area contributed by atoms with E-state index in [0.717, 1.165) is 31.4 Å². The van der Waals surface area contributed by atoms with Crippen LogP contribution in [0.25, 0.3) is 10.2 Å². The number of urea groups is 1. The molecule has 0 spiro atoms. The molecule has 134 valence electrons. The van der Waals surface area contributed by atoms with Gasteiger partial charge < -0.3 is 5.32 Å². The number of hydrogen-bond donors (Lipinski definition) is 2. The second-order valence-corrected chi connectivity index (χ2v) is 7.42. The minimum atomic E-state index is -0.427. The van der Waals surface area contributed by atoms with Crippen LogP contribution in [0.5, 0.6) is 0 Å². The van der Waals surface area contributed by atoms with E-state index in [9.17, 15) is 9.59 Å². The summed E-state index contributed by atoms with van der Waals surface area (Å²) in [5, 5.41) is 6.17. The molecule has 3 amide bonds. The summed E-state index contributed by atoms with van der Waals surface area (Å²) in [5.41, 5.74) is 1.07. The summed E-state index contributed by atoms with van der Waals surface area (Å²) in [6, 6.07) is 7.49. The summed E-state index contributed by atoms with van der Waals surface area (Å²) in [4.78, 5) is 30.6. The third kappa shape index (κ3) is 4.16. The summed E-state index contributed by atoms with van der Waals surface area (Å²) >= 11 is 1.77. The Morgan fingerprint density at radius 2 is 2.04 bits per heavy atom. The van der Waals surface area contributed by atoms with Crippen molar-refractivity contribution in [2.45, 2.75) is 38.6 Å². The summed E-state index contributed by atoms with van der Waals surface area (Å²) in [7, 11) is 0. The van der Waals surface area contributed by atoms with E-state index < -0.39 is 6.03 Å². The molecule has 0 unspecified atom stereocenters. The van der Waals surface area contributed by atoms with E-state index in [-0.39, 0.29) is 11.9 Å². The molecule has 6 nitrogen and oxygen atoms in total. The number of rotatable bonds is 4. The van der Waals surface area contributed by atoms with Crippen molar-refractivity contribution in [2.24, 2.45) is 0 Å². The van der Waals surface area contributed by atoms with Crippen molar-refractivity contribution < 1.29 is 9.59 Å². The van der Waals surface area contributed by atoms with Gasteiger partial charge >= 0.3 is 6.03 Å². The standard InChI is InChI=1S/C18H24N4O2S/c1-3-19-18(24)21-16(23)12(2)22-10-8-13(9-11-22)17-20-14-6-4-5-7-15(14)25-17/h4-7,12-13H,3,8-11H2,1-2H3,(H2,19,21,23,24)/t12-/m0/s1. The minimum absolute atomic E-state index is 0.246. The number of piperidine rings is 1. The number of hydrogen-bond acceptors (Lipinski definition) is 5. The van der Waals surface area contributed by atoms with Gasteiger partial charge in [0.25, 0.3) is 0 Å². The van der Waals surface area contributed by atoms with Crippen LogP contribution in [-0.2, 0) is 4.79 Å². The number of para-hydroxylation sites is 1. The molecule has 0 bridgehead atoms. The number of benzene rings is 1. The second-order valence-electron chi connectivity index (χ2n) is 6.35. The smallest absolute Gasteiger partial charge is 0.321 e. The highest BCUT2D eigenvalue weighted by molar-refractivity contribution is 7.18. The molecule has 25 heavy (non-hydrogen) atoms. The lowest BCUT2D eigenvalue weighted by Gasteiger charge is -2.34. The lowest BCUT2D eigenvalue weighted by atomic mass is 9.96. The van der Waals surface area contributed by atoms with Crippen molar-refractivity contribution in [1.29, 1.82) is 0 Å². The molecular formula is C18H24N4O2S. The van der Waals surface area contributed by atoms with Gasteiger partial charge in [-0.15, -0.1) is 11.3 Å². The van der Waals surface area contributed by atoms with Gasteiger partial charge in [-0.25, -0.2) is 9.78 Å². The third-order valence-electron chi connectivity index (χ3n) is 4.69. The first-order valence-corrected chi connectivity index (χ1v) is 9.58. The number of aromatic nitrogens is 1. The molecule has 1 saturated heterocycles. The zero-order chi connectivity index (χ0) is 17.8. The molecule has 1 aromatic heterocycles. The van der Waals surface area contributed by atoms with E-state index in [1.54, 1.807) is 11.3 Å². The van der Waals surface area contributed by atoms with Crippen molar-refractivity contribution >= 4 is 33.5 Å². The van der Waals surface area contributed by atoms with Gasteiger partial charge in [-0.05, 0) is 51.9 Å². The Hall–Kier alpha value is -1.99. The van der Waals surface area contributed by atoms with E-state index >= 15 is 0 Å². The number of nitrogens with one attached hydrogen (secondary N) is 2. The first-order valence-electron chi connectivity index (χ1n) is 8.76. The minimum Gasteiger partial charge on any atom is -0.338 e. The summed E-state index contributed by atoms with van der Waals surface area (Å²) in [6.45, 7) is 5.85. The van der Waals surface area contributed by atoms with Crippen LogP contribution in [0.3, 0.4) is 0 Å². The largest absolute Gasteiger partial charge is 0.338 e. The van der Waals surface area contributed by atoms with Gasteiger partial charge in [-0.2, -0.15) is 0 Å². The maximum atomic E-state index is 12.2. The average molecular weight is 360 g/mol. The van der Waals surface area contributed by atoms with Crippen LogP contribution < -0.4 is 10.6 Å². The van der Waals surface area contributed by atoms with Gasteiger partial charge in [0.15, 0.2) is 0 Å². The molecule has 1 aliphatic rings. The molecule has 0 aliphatic carbocycles. The Morgan fingerprint density at radius 1 is 1.32 bits per heavy atom. The van der Waals surface area contributed by atoms with Crippen LogP contribution >= 0.6 is 11.3 Å².